The lowest BCUT2D eigenvalue weighted by Gasteiger charge is -2.30. The van der Waals surface area contributed by atoms with Crippen LogP contribution in [0.3, 0.4) is 0 Å². The number of rotatable bonds is 10. The van der Waals surface area contributed by atoms with Crippen LogP contribution in [0.4, 0.5) is 4.39 Å². The van der Waals surface area contributed by atoms with E-state index >= 15 is 0 Å². The highest BCUT2D eigenvalue weighted by molar-refractivity contribution is 7.52. The molecule has 0 saturated carbocycles. The first-order chi connectivity index (χ1) is 18.4. The molecule has 1 unspecified atom stereocenters. The van der Waals surface area contributed by atoms with Gasteiger partial charge in [0.25, 0.3) is 0 Å². The van der Waals surface area contributed by atoms with Gasteiger partial charge in [0.2, 0.25) is 0 Å². The van der Waals surface area contributed by atoms with Crippen LogP contribution in [-0.2, 0) is 23.4 Å². The number of hydrogen-bond donors (Lipinski definition) is 3. The summed E-state index contributed by atoms with van der Waals surface area (Å²) in [5, 5.41) is 25.2. The van der Waals surface area contributed by atoms with Gasteiger partial charge < -0.3 is 24.2 Å². The van der Waals surface area contributed by atoms with Crippen molar-refractivity contribution in [2.24, 2.45) is 0 Å². The Kier molecular flexibility index (Phi) is 8.41. The number of para-hydroxylation sites is 1. The van der Waals surface area contributed by atoms with Crippen molar-refractivity contribution in [1.82, 2.24) is 19.6 Å². The zero-order chi connectivity index (χ0) is 28.5. The molecule has 0 aliphatic carbocycles. The van der Waals surface area contributed by atoms with Gasteiger partial charge in [0, 0.05) is 6.20 Å². The molecule has 14 heteroatoms. The third-order valence-electron chi connectivity index (χ3n) is 6.62. The van der Waals surface area contributed by atoms with Crippen molar-refractivity contribution in [1.29, 1.82) is 0 Å². The number of aryl methyl sites for hydroxylation is 1. The molecule has 4 rings (SSSR count). The Bertz CT molecular complexity index is 1370. The van der Waals surface area contributed by atoms with Gasteiger partial charge in [-0.25, -0.2) is 18.9 Å². The van der Waals surface area contributed by atoms with Gasteiger partial charge >= 0.3 is 13.7 Å². The number of methoxy groups -OCH3 is 1. The molecular formula is C25H32FN4O8P. The molecule has 1 aromatic carbocycles. The molecular weight excluding hydrogens is 534 g/mol. The highest BCUT2D eigenvalue weighted by Crippen LogP contribution is 2.50. The van der Waals surface area contributed by atoms with Crippen molar-refractivity contribution in [3.8, 4) is 5.75 Å². The Morgan fingerprint density at radius 3 is 2.67 bits per heavy atom. The number of aliphatic hydroxyl groups excluding tert-OH is 1. The average molecular weight is 567 g/mol. The van der Waals surface area contributed by atoms with Gasteiger partial charge in [-0.2, -0.15) is 5.09 Å². The van der Waals surface area contributed by atoms with Crippen LogP contribution in [0.1, 0.15) is 39.1 Å². The summed E-state index contributed by atoms with van der Waals surface area (Å²) >= 11 is 0. The van der Waals surface area contributed by atoms with E-state index in [9.17, 15) is 24.0 Å². The van der Waals surface area contributed by atoms with Gasteiger partial charge in [-0.3, -0.25) is 13.9 Å². The van der Waals surface area contributed by atoms with Gasteiger partial charge in [-0.05, 0) is 39.3 Å². The van der Waals surface area contributed by atoms with Crippen LogP contribution in [-0.4, -0.2) is 67.8 Å². The molecule has 3 aromatic rings. The number of ether oxygens (including phenoxy) is 2. The van der Waals surface area contributed by atoms with Crippen molar-refractivity contribution in [3.63, 3.8) is 0 Å². The van der Waals surface area contributed by atoms with Crippen molar-refractivity contribution >= 4 is 24.7 Å². The van der Waals surface area contributed by atoms with Crippen molar-refractivity contribution in [2.75, 3.05) is 7.11 Å². The first kappa shape index (κ1) is 29.1. The third-order valence-corrected chi connectivity index (χ3v) is 8.32. The van der Waals surface area contributed by atoms with E-state index in [4.69, 9.17) is 18.5 Å². The zero-order valence-corrected chi connectivity index (χ0v) is 23.0. The van der Waals surface area contributed by atoms with Crippen molar-refractivity contribution < 1.29 is 42.5 Å². The molecule has 2 aromatic heterocycles. The minimum Gasteiger partial charge on any atom is -0.468 e. The second kappa shape index (κ2) is 11.3. The standard InChI is InChI=1S/C25H32FN4O8P/c1-6-18(38-39(34,29-15(3)23(32)35-5)37-16-10-8-7-9-11-16)20-21(31)25(4,33)24(36-20)30-12-17(26)19-14(2)27-13-28-22(19)30/h7-13,15,18,20-21,24,31,33H,6H2,1-5H3,(H,29,34)/t15-,18+,20+,21+,24+,25+,39?/m0/s1. The summed E-state index contributed by atoms with van der Waals surface area (Å²) in [4.78, 5) is 20.2. The van der Waals surface area contributed by atoms with Gasteiger partial charge in [-0.1, -0.05) is 25.1 Å². The first-order valence-electron chi connectivity index (χ1n) is 12.3. The minimum absolute atomic E-state index is 0.153. The maximum Gasteiger partial charge on any atom is 0.459 e. The number of carbonyl (C=O) groups excluding carboxylic acids is 1. The Morgan fingerprint density at radius 2 is 2.03 bits per heavy atom. The predicted octanol–water partition coefficient (Wildman–Crippen LogP) is 3.02. The number of carbonyl (C=O) groups is 1. The number of aliphatic hydroxyl groups is 2. The highest BCUT2D eigenvalue weighted by atomic mass is 31.2. The van der Waals surface area contributed by atoms with Crippen LogP contribution < -0.4 is 9.61 Å². The van der Waals surface area contributed by atoms with Crippen molar-refractivity contribution in [3.05, 3.63) is 54.4 Å². The first-order valence-corrected chi connectivity index (χ1v) is 13.9. The Balaban J connectivity index is 1.66. The van der Waals surface area contributed by atoms with Gasteiger partial charge in [-0.15, -0.1) is 0 Å². The third kappa shape index (κ3) is 5.69. The van der Waals surface area contributed by atoms with E-state index in [0.717, 1.165) is 6.20 Å². The van der Waals surface area contributed by atoms with E-state index in [0.29, 0.717) is 5.69 Å². The Labute approximate surface area is 224 Å². The number of hydrogen-bond acceptors (Lipinski definition) is 10. The quantitative estimate of drug-likeness (QED) is 0.245. The van der Waals surface area contributed by atoms with E-state index < -0.39 is 55.7 Å². The topological polar surface area (TPSA) is 154 Å². The van der Waals surface area contributed by atoms with Crippen LogP contribution in [0.2, 0.25) is 0 Å². The summed E-state index contributed by atoms with van der Waals surface area (Å²) in [5.41, 5.74) is -1.38. The summed E-state index contributed by atoms with van der Waals surface area (Å²) in [7, 11) is -3.12. The number of nitrogens with one attached hydrogen (secondary N) is 1. The molecule has 1 aliphatic heterocycles. The van der Waals surface area contributed by atoms with Crippen LogP contribution in [0.5, 0.6) is 5.75 Å². The molecule has 0 bridgehead atoms. The maximum atomic E-state index is 14.8. The van der Waals surface area contributed by atoms with E-state index in [2.05, 4.69) is 15.1 Å². The highest BCUT2D eigenvalue weighted by Gasteiger charge is 2.56. The Morgan fingerprint density at radius 1 is 1.33 bits per heavy atom. The molecule has 0 amide bonds. The van der Waals surface area contributed by atoms with Crippen LogP contribution in [0.15, 0.2) is 42.9 Å². The molecule has 0 radical (unpaired) electrons. The summed E-state index contributed by atoms with van der Waals surface area (Å²) in [5.74, 6) is -1.13. The second-order valence-corrected chi connectivity index (χ2v) is 11.1. The summed E-state index contributed by atoms with van der Waals surface area (Å²) in [6, 6.07) is 7.10. The molecule has 12 nitrogen and oxygen atoms in total. The number of esters is 1. The van der Waals surface area contributed by atoms with Crippen LogP contribution >= 0.6 is 7.75 Å². The fourth-order valence-corrected chi connectivity index (χ4v) is 6.31. The molecule has 212 valence electrons. The molecule has 1 saturated heterocycles. The van der Waals surface area contributed by atoms with E-state index in [1.807, 2.05) is 0 Å². The number of fused-ring (bicyclic) bond motifs is 1. The van der Waals surface area contributed by atoms with Crippen LogP contribution in [0, 0.1) is 12.7 Å². The van der Waals surface area contributed by atoms with Crippen molar-refractivity contribution in [2.45, 2.75) is 70.3 Å². The molecule has 1 fully saturated rings. The second-order valence-electron chi connectivity index (χ2n) is 9.49. The minimum atomic E-state index is -4.30. The van der Waals surface area contributed by atoms with E-state index in [1.54, 1.807) is 44.2 Å². The molecule has 3 heterocycles. The lowest BCUT2D eigenvalue weighted by Crippen LogP contribution is -2.47. The van der Waals surface area contributed by atoms with Gasteiger partial charge in [0.05, 0.1) is 24.3 Å². The Hall–Kier alpha value is -2.93. The number of halogens is 1. The molecule has 7 atom stereocenters. The van der Waals surface area contributed by atoms with Crippen LogP contribution in [0.25, 0.3) is 11.0 Å². The lowest BCUT2D eigenvalue weighted by molar-refractivity contribution is -0.142. The fraction of sp³-hybridized carbons (Fsp3) is 0.480. The summed E-state index contributed by atoms with van der Waals surface area (Å²) < 4.78 is 52.4. The SMILES string of the molecule is CC[C@@H](OP(=O)(N[C@@H](C)C(=O)OC)Oc1ccccc1)[C@H]1O[C@@H](n2cc(F)c3c(C)ncnc32)[C@](C)(O)[C@@H]1O. The van der Waals surface area contributed by atoms with E-state index in [-0.39, 0.29) is 23.2 Å². The number of aromatic nitrogens is 3. The largest absolute Gasteiger partial charge is 0.468 e. The normalized spacial score (nSPS) is 26.2. The van der Waals surface area contributed by atoms with E-state index in [1.165, 1.54) is 31.9 Å². The van der Waals surface area contributed by atoms with Gasteiger partial charge in [0.15, 0.2) is 12.0 Å². The number of benzene rings is 1. The number of nitrogens with zero attached hydrogens (tertiary/aromatic N) is 3. The molecule has 0 spiro atoms. The monoisotopic (exact) mass is 566 g/mol. The molecule has 3 N–H and O–H groups in total. The zero-order valence-electron chi connectivity index (χ0n) is 22.1. The fourth-order valence-electron chi connectivity index (χ4n) is 4.55. The summed E-state index contributed by atoms with van der Waals surface area (Å²) in [6.07, 6.45) is -2.65. The lowest BCUT2D eigenvalue weighted by atomic mass is 9.93. The summed E-state index contributed by atoms with van der Waals surface area (Å²) in [6.45, 7) is 6.08. The van der Waals surface area contributed by atoms with Gasteiger partial charge in [0.1, 0.15) is 41.6 Å². The molecule has 39 heavy (non-hydrogen) atoms. The smallest absolute Gasteiger partial charge is 0.459 e. The molecule has 1 aliphatic rings. The maximum absolute atomic E-state index is 14.8. The average Bonchev–Trinajstić information content (AvgIpc) is 3.35. The predicted molar refractivity (Wildman–Crippen MR) is 137 cm³/mol.